The first kappa shape index (κ1) is 12.3. The first-order valence-electron chi connectivity index (χ1n) is 6.75. The third kappa shape index (κ3) is 2.51. The van der Waals surface area contributed by atoms with Crippen molar-refractivity contribution >= 4 is 0 Å². The molecular formula is C14H19N5. The fourth-order valence-corrected chi connectivity index (χ4v) is 2.70. The Morgan fingerprint density at radius 3 is 2.79 bits per heavy atom. The number of aryl methyl sites for hydroxylation is 1. The Morgan fingerprint density at radius 2 is 2.16 bits per heavy atom. The molecule has 5 nitrogen and oxygen atoms in total. The van der Waals surface area contributed by atoms with Crippen molar-refractivity contribution in [1.29, 1.82) is 0 Å². The van der Waals surface area contributed by atoms with Crippen molar-refractivity contribution in [3.63, 3.8) is 0 Å². The molecule has 0 aliphatic carbocycles. The number of H-pyrrole nitrogens is 1. The number of likely N-dealkylation sites (tertiary alicyclic amines) is 1. The molecule has 0 bridgehead atoms. The Labute approximate surface area is 113 Å². The lowest BCUT2D eigenvalue weighted by molar-refractivity contribution is 0.248. The molecule has 1 aliphatic heterocycles. The maximum atomic E-state index is 4.60. The summed E-state index contributed by atoms with van der Waals surface area (Å²) in [6, 6.07) is 0. The van der Waals surface area contributed by atoms with E-state index < -0.39 is 0 Å². The van der Waals surface area contributed by atoms with Gasteiger partial charge in [-0.15, -0.1) is 0 Å². The molecule has 0 spiro atoms. The average Bonchev–Trinajstić information content (AvgIpc) is 2.85. The van der Waals surface area contributed by atoms with Gasteiger partial charge in [0.05, 0.1) is 23.8 Å². The van der Waals surface area contributed by atoms with Crippen LogP contribution in [0.5, 0.6) is 0 Å². The molecule has 3 rings (SSSR count). The average molecular weight is 257 g/mol. The minimum Gasteiger partial charge on any atom is -0.306 e. The second-order valence-electron chi connectivity index (χ2n) is 5.34. The molecule has 0 radical (unpaired) electrons. The van der Waals surface area contributed by atoms with Crippen molar-refractivity contribution in [2.75, 3.05) is 20.1 Å². The van der Waals surface area contributed by atoms with Crippen LogP contribution < -0.4 is 0 Å². The van der Waals surface area contributed by atoms with Crippen LogP contribution in [0.1, 0.15) is 30.1 Å². The molecule has 0 amide bonds. The monoisotopic (exact) mass is 257 g/mol. The van der Waals surface area contributed by atoms with Crippen LogP contribution >= 0.6 is 0 Å². The lowest BCUT2D eigenvalue weighted by Crippen LogP contribution is -2.31. The topological polar surface area (TPSA) is 57.7 Å². The number of hydrogen-bond donors (Lipinski definition) is 1. The molecule has 2 aromatic rings. The Bertz CT molecular complexity index is 545. The zero-order chi connectivity index (χ0) is 13.2. The molecule has 0 saturated carbocycles. The van der Waals surface area contributed by atoms with Crippen LogP contribution in [0.4, 0.5) is 0 Å². The van der Waals surface area contributed by atoms with E-state index in [2.05, 4.69) is 32.1 Å². The van der Waals surface area contributed by atoms with E-state index in [-0.39, 0.29) is 0 Å². The molecule has 1 atom stereocenters. The number of nitrogens with zero attached hydrogens (tertiary/aromatic N) is 4. The van der Waals surface area contributed by atoms with Crippen LogP contribution in [0.15, 0.2) is 18.6 Å². The predicted octanol–water partition coefficient (Wildman–Crippen LogP) is 1.98. The van der Waals surface area contributed by atoms with Gasteiger partial charge in [-0.2, -0.15) is 5.10 Å². The van der Waals surface area contributed by atoms with E-state index in [9.17, 15) is 0 Å². The van der Waals surface area contributed by atoms with Gasteiger partial charge in [0.25, 0.3) is 0 Å². The van der Waals surface area contributed by atoms with Gasteiger partial charge in [0.1, 0.15) is 0 Å². The Balaban J connectivity index is 1.81. The molecule has 1 saturated heterocycles. The summed E-state index contributed by atoms with van der Waals surface area (Å²) in [5.41, 5.74) is 4.05. The SMILES string of the molecule is Cc1[nH]ncc1-c1cnc([C@H]2CCCN(C)C2)cn1. The highest BCUT2D eigenvalue weighted by atomic mass is 15.1. The van der Waals surface area contributed by atoms with Gasteiger partial charge in [-0.05, 0) is 33.4 Å². The van der Waals surface area contributed by atoms with Gasteiger partial charge in [0, 0.05) is 29.9 Å². The van der Waals surface area contributed by atoms with Crippen LogP contribution in [-0.2, 0) is 0 Å². The summed E-state index contributed by atoms with van der Waals surface area (Å²) < 4.78 is 0. The zero-order valence-corrected chi connectivity index (χ0v) is 11.4. The number of aromatic nitrogens is 4. The van der Waals surface area contributed by atoms with Gasteiger partial charge in [0.2, 0.25) is 0 Å². The highest BCUT2D eigenvalue weighted by Crippen LogP contribution is 2.25. The molecule has 1 N–H and O–H groups in total. The Morgan fingerprint density at radius 1 is 1.26 bits per heavy atom. The van der Waals surface area contributed by atoms with Gasteiger partial charge in [-0.1, -0.05) is 0 Å². The minimum absolute atomic E-state index is 0.519. The highest BCUT2D eigenvalue weighted by molar-refractivity contribution is 5.59. The second kappa shape index (κ2) is 5.09. The van der Waals surface area contributed by atoms with Crippen LogP contribution in [0.3, 0.4) is 0 Å². The van der Waals surface area contributed by atoms with E-state index in [1.54, 1.807) is 6.20 Å². The molecule has 19 heavy (non-hydrogen) atoms. The zero-order valence-electron chi connectivity index (χ0n) is 11.4. The summed E-state index contributed by atoms with van der Waals surface area (Å²) in [5.74, 6) is 0.519. The van der Waals surface area contributed by atoms with Crippen molar-refractivity contribution in [2.45, 2.75) is 25.7 Å². The van der Waals surface area contributed by atoms with Crippen LogP contribution in [0.25, 0.3) is 11.3 Å². The van der Waals surface area contributed by atoms with E-state index in [0.717, 1.165) is 29.2 Å². The molecule has 0 unspecified atom stereocenters. The summed E-state index contributed by atoms with van der Waals surface area (Å²) in [7, 11) is 2.17. The number of likely N-dealkylation sites (N-methyl/N-ethyl adjacent to an activating group) is 1. The van der Waals surface area contributed by atoms with Gasteiger partial charge < -0.3 is 4.90 Å². The standard InChI is InChI=1S/C14H19N5/c1-10-12(6-17-18-10)14-8-15-13(7-16-14)11-4-3-5-19(2)9-11/h6-8,11H,3-5,9H2,1-2H3,(H,17,18)/t11-/m0/s1. The number of piperidine rings is 1. The maximum absolute atomic E-state index is 4.60. The van der Waals surface area contributed by atoms with Crippen molar-refractivity contribution < 1.29 is 0 Å². The lowest BCUT2D eigenvalue weighted by Gasteiger charge is -2.29. The first-order chi connectivity index (χ1) is 9.24. The lowest BCUT2D eigenvalue weighted by atomic mass is 9.95. The van der Waals surface area contributed by atoms with Gasteiger partial charge in [-0.25, -0.2) is 0 Å². The molecule has 100 valence electrons. The van der Waals surface area contributed by atoms with E-state index in [4.69, 9.17) is 0 Å². The molecule has 1 aliphatic rings. The summed E-state index contributed by atoms with van der Waals surface area (Å²) >= 11 is 0. The molecular weight excluding hydrogens is 238 g/mol. The molecule has 1 fully saturated rings. The van der Waals surface area contributed by atoms with Crippen LogP contribution in [0.2, 0.25) is 0 Å². The summed E-state index contributed by atoms with van der Waals surface area (Å²) in [6.45, 7) is 4.27. The Hall–Kier alpha value is -1.75. The summed E-state index contributed by atoms with van der Waals surface area (Å²) in [5, 5.41) is 6.95. The Kier molecular flexibility index (Phi) is 3.29. The molecule has 5 heteroatoms. The maximum Gasteiger partial charge on any atom is 0.0919 e. The fourth-order valence-electron chi connectivity index (χ4n) is 2.70. The predicted molar refractivity (Wildman–Crippen MR) is 73.8 cm³/mol. The minimum atomic E-state index is 0.519. The summed E-state index contributed by atoms with van der Waals surface area (Å²) in [6.07, 6.45) is 8.04. The normalized spacial score (nSPS) is 20.6. The first-order valence-corrected chi connectivity index (χ1v) is 6.75. The van der Waals surface area contributed by atoms with E-state index in [1.807, 2.05) is 19.3 Å². The fraction of sp³-hybridized carbons (Fsp3) is 0.500. The number of hydrogen-bond acceptors (Lipinski definition) is 4. The van der Waals surface area contributed by atoms with Crippen molar-refractivity contribution in [2.24, 2.45) is 0 Å². The summed E-state index contributed by atoms with van der Waals surface area (Å²) in [4.78, 5) is 11.5. The number of aromatic amines is 1. The molecule has 0 aromatic carbocycles. The number of nitrogens with one attached hydrogen (secondary N) is 1. The van der Waals surface area contributed by atoms with E-state index in [0.29, 0.717) is 5.92 Å². The quantitative estimate of drug-likeness (QED) is 0.893. The van der Waals surface area contributed by atoms with Crippen molar-refractivity contribution in [3.8, 4) is 11.3 Å². The van der Waals surface area contributed by atoms with E-state index >= 15 is 0 Å². The molecule has 3 heterocycles. The van der Waals surface area contributed by atoms with Gasteiger partial charge in [0.15, 0.2) is 0 Å². The molecule has 2 aromatic heterocycles. The van der Waals surface area contributed by atoms with Gasteiger partial charge >= 0.3 is 0 Å². The largest absolute Gasteiger partial charge is 0.306 e. The van der Waals surface area contributed by atoms with E-state index in [1.165, 1.54) is 19.4 Å². The smallest absolute Gasteiger partial charge is 0.0919 e. The second-order valence-corrected chi connectivity index (χ2v) is 5.34. The third-order valence-corrected chi connectivity index (χ3v) is 3.82. The third-order valence-electron chi connectivity index (χ3n) is 3.82. The number of rotatable bonds is 2. The van der Waals surface area contributed by atoms with Crippen LogP contribution in [-0.4, -0.2) is 45.2 Å². The van der Waals surface area contributed by atoms with Crippen molar-refractivity contribution in [1.82, 2.24) is 25.1 Å². The van der Waals surface area contributed by atoms with Crippen molar-refractivity contribution in [3.05, 3.63) is 30.0 Å². The highest BCUT2D eigenvalue weighted by Gasteiger charge is 2.20. The van der Waals surface area contributed by atoms with Crippen LogP contribution in [0, 0.1) is 6.92 Å². The van der Waals surface area contributed by atoms with Gasteiger partial charge in [-0.3, -0.25) is 15.1 Å².